The zero-order valence-corrected chi connectivity index (χ0v) is 15.6. The van der Waals surface area contributed by atoms with Crippen LogP contribution in [0.25, 0.3) is 12.2 Å². The van der Waals surface area contributed by atoms with E-state index in [0.717, 1.165) is 26.1 Å². The van der Waals surface area contributed by atoms with Gasteiger partial charge in [-0.05, 0) is 58.0 Å². The third-order valence-corrected chi connectivity index (χ3v) is 4.30. The average Bonchev–Trinajstić information content (AvgIpc) is 2.59. The fourth-order valence-electron chi connectivity index (χ4n) is 1.98. The molecule has 0 bridgehead atoms. The van der Waals surface area contributed by atoms with Crippen LogP contribution in [0.4, 0.5) is 5.69 Å². The van der Waals surface area contributed by atoms with Crippen molar-refractivity contribution < 1.29 is 9.84 Å². The Hall–Kier alpha value is -1.53. The number of hydrogen-bond donors (Lipinski definition) is 2. The molecule has 4 heteroatoms. The highest BCUT2D eigenvalue weighted by Crippen LogP contribution is 2.24. The molecule has 2 rings (SSSR count). The molecule has 0 saturated heterocycles. The fraction of sp³-hybridized carbons (Fsp3) is 0.263. The molecule has 1 atom stereocenters. The highest BCUT2D eigenvalue weighted by atomic mass is 123. The topological polar surface area (TPSA) is 41.5 Å². The first kappa shape index (κ1) is 17.8. The Kier molecular flexibility index (Phi) is 6.92. The zero-order valence-electron chi connectivity index (χ0n) is 13.4. The summed E-state index contributed by atoms with van der Waals surface area (Å²) in [7, 11) is 1.91. The van der Waals surface area contributed by atoms with Gasteiger partial charge >= 0.3 is 0 Å². The molecule has 0 aliphatic rings. The number of rotatable bonds is 7. The number of benzene rings is 2. The van der Waals surface area contributed by atoms with Crippen LogP contribution in [0.2, 0.25) is 0 Å². The van der Waals surface area contributed by atoms with Crippen molar-refractivity contribution in [1.29, 1.82) is 0 Å². The minimum absolute atomic E-state index is 0.143. The van der Waals surface area contributed by atoms with Crippen LogP contribution in [0.3, 0.4) is 0 Å². The molecule has 1 unspecified atom stereocenters. The molecule has 0 aliphatic heterocycles. The second kappa shape index (κ2) is 8.93. The Labute approximate surface area is 151 Å². The highest BCUT2D eigenvalue weighted by molar-refractivity contribution is 14.1. The van der Waals surface area contributed by atoms with E-state index in [2.05, 4.69) is 70.4 Å². The molecular formula is C19H22INO2. The Morgan fingerprint density at radius 2 is 1.78 bits per heavy atom. The van der Waals surface area contributed by atoms with E-state index < -0.39 is 0 Å². The van der Waals surface area contributed by atoms with Gasteiger partial charge in [0, 0.05) is 25.3 Å². The molecule has 0 amide bonds. The van der Waals surface area contributed by atoms with Gasteiger partial charge in [-0.3, -0.25) is 0 Å². The Balaban J connectivity index is 2.02. The van der Waals surface area contributed by atoms with E-state index in [0.29, 0.717) is 6.61 Å². The second-order valence-electron chi connectivity index (χ2n) is 5.49. The van der Waals surface area contributed by atoms with Gasteiger partial charge in [-0.15, -0.1) is 0 Å². The van der Waals surface area contributed by atoms with Crippen LogP contribution in [0, 0.1) is 9.49 Å². The molecule has 122 valence electrons. The Morgan fingerprint density at radius 1 is 1.13 bits per heavy atom. The van der Waals surface area contributed by atoms with Crippen molar-refractivity contribution in [3.63, 3.8) is 0 Å². The second-order valence-corrected chi connectivity index (χ2v) is 6.66. The van der Waals surface area contributed by atoms with Crippen molar-refractivity contribution in [3.8, 4) is 5.75 Å². The molecule has 0 saturated carbocycles. The van der Waals surface area contributed by atoms with Crippen molar-refractivity contribution in [2.45, 2.75) is 6.92 Å². The molecule has 23 heavy (non-hydrogen) atoms. The molecule has 0 aromatic heterocycles. The number of anilines is 1. The van der Waals surface area contributed by atoms with E-state index >= 15 is 0 Å². The monoisotopic (exact) mass is 419 g/mol. The predicted molar refractivity (Wildman–Crippen MR) is 106 cm³/mol. The maximum atomic E-state index is 9.04. The number of aliphatic hydroxyl groups excluding tert-OH is 1. The van der Waals surface area contributed by atoms with Crippen molar-refractivity contribution in [3.05, 3.63) is 57.2 Å². The zero-order chi connectivity index (χ0) is 16.7. The largest absolute Gasteiger partial charge is 0.492 e. The molecule has 0 radical (unpaired) electrons. The summed E-state index contributed by atoms with van der Waals surface area (Å²) in [6.07, 6.45) is 4.19. The van der Waals surface area contributed by atoms with Crippen LogP contribution in [-0.4, -0.2) is 25.4 Å². The van der Waals surface area contributed by atoms with E-state index in [4.69, 9.17) is 9.84 Å². The van der Waals surface area contributed by atoms with Gasteiger partial charge in [0.1, 0.15) is 5.75 Å². The number of ether oxygens (including phenoxy) is 1. The summed E-state index contributed by atoms with van der Waals surface area (Å²) >= 11 is 2.28. The molecule has 0 heterocycles. The van der Waals surface area contributed by atoms with Crippen LogP contribution in [0.15, 0.2) is 42.5 Å². The quantitative estimate of drug-likeness (QED) is 0.513. The number of halogens is 1. The van der Waals surface area contributed by atoms with Crippen LogP contribution in [0.1, 0.15) is 18.1 Å². The molecular weight excluding hydrogens is 397 g/mol. The number of aliphatic hydroxyl groups is 1. The average molecular weight is 419 g/mol. The molecule has 2 aromatic carbocycles. The van der Waals surface area contributed by atoms with Crippen LogP contribution in [-0.2, 0) is 0 Å². The number of nitrogens with one attached hydrogen (secondary N) is 1. The smallest absolute Gasteiger partial charge is 0.132 e. The fourth-order valence-corrected chi connectivity index (χ4v) is 2.67. The third-order valence-electron chi connectivity index (χ3n) is 3.46. The van der Waals surface area contributed by atoms with E-state index in [9.17, 15) is 0 Å². The standard InChI is InChI=1S/C19H22INO2/c1-14(12-22)13-23-19-10-7-16(11-18(19)20)4-3-15-5-8-17(21-2)9-6-15/h3-11,14,21-22H,12-13H2,1-2H3/b4-3+/i20-4. The first-order chi connectivity index (χ1) is 11.1. The predicted octanol–water partition coefficient (Wildman–Crippen LogP) is 4.51. The summed E-state index contributed by atoms with van der Waals surface area (Å²) in [5.41, 5.74) is 3.40. The summed E-state index contributed by atoms with van der Waals surface area (Å²) in [6, 6.07) is 14.4. The lowest BCUT2D eigenvalue weighted by atomic mass is 10.1. The van der Waals surface area contributed by atoms with Crippen LogP contribution in [0.5, 0.6) is 5.75 Å². The molecule has 2 N–H and O–H groups in total. The summed E-state index contributed by atoms with van der Waals surface area (Å²) in [6.45, 7) is 2.63. The minimum atomic E-state index is 0.143. The van der Waals surface area contributed by atoms with Crippen molar-refractivity contribution in [2.24, 2.45) is 5.92 Å². The van der Waals surface area contributed by atoms with Gasteiger partial charge in [-0.25, -0.2) is 0 Å². The van der Waals surface area contributed by atoms with Crippen molar-refractivity contribution >= 4 is 40.4 Å². The first-order valence-electron chi connectivity index (χ1n) is 7.61. The van der Waals surface area contributed by atoms with Gasteiger partial charge in [0.25, 0.3) is 0 Å². The van der Waals surface area contributed by atoms with Gasteiger partial charge in [-0.1, -0.05) is 37.3 Å². The van der Waals surface area contributed by atoms with Gasteiger partial charge in [0.2, 0.25) is 0 Å². The van der Waals surface area contributed by atoms with Gasteiger partial charge in [0.05, 0.1) is 10.2 Å². The molecule has 2 aromatic rings. The SMILES string of the molecule is CNc1ccc(/C=C/c2ccc(OCC(C)CO)c([123I])c2)cc1. The lowest BCUT2D eigenvalue weighted by Crippen LogP contribution is -2.12. The molecule has 0 fully saturated rings. The summed E-state index contributed by atoms with van der Waals surface area (Å²) in [4.78, 5) is 0. The Bertz CT molecular complexity index is 653. The normalized spacial score (nSPS) is 12.3. The van der Waals surface area contributed by atoms with E-state index in [1.807, 2.05) is 26.1 Å². The van der Waals surface area contributed by atoms with Gasteiger partial charge in [0.15, 0.2) is 0 Å². The summed E-state index contributed by atoms with van der Waals surface area (Å²) in [5, 5.41) is 12.2. The van der Waals surface area contributed by atoms with Gasteiger partial charge in [-0.2, -0.15) is 0 Å². The molecule has 0 aliphatic carbocycles. The first-order valence-corrected chi connectivity index (χ1v) is 8.69. The molecule has 0 spiro atoms. The van der Waals surface area contributed by atoms with Gasteiger partial charge < -0.3 is 15.2 Å². The lowest BCUT2D eigenvalue weighted by molar-refractivity contribution is 0.174. The maximum absolute atomic E-state index is 9.04. The maximum Gasteiger partial charge on any atom is 0.132 e. The molecule has 3 nitrogen and oxygen atoms in total. The Morgan fingerprint density at radius 3 is 2.39 bits per heavy atom. The van der Waals surface area contributed by atoms with Crippen molar-refractivity contribution in [2.75, 3.05) is 25.6 Å². The van der Waals surface area contributed by atoms with E-state index in [1.54, 1.807) is 0 Å². The summed E-state index contributed by atoms with van der Waals surface area (Å²) in [5.74, 6) is 1.01. The third kappa shape index (κ3) is 5.55. The van der Waals surface area contributed by atoms with Crippen molar-refractivity contribution in [1.82, 2.24) is 0 Å². The lowest BCUT2D eigenvalue weighted by Gasteiger charge is -2.12. The van der Waals surface area contributed by atoms with E-state index in [1.165, 1.54) is 0 Å². The minimum Gasteiger partial charge on any atom is -0.492 e. The highest BCUT2D eigenvalue weighted by Gasteiger charge is 2.05. The van der Waals surface area contributed by atoms with Crippen LogP contribution < -0.4 is 10.1 Å². The number of hydrogen-bond acceptors (Lipinski definition) is 3. The van der Waals surface area contributed by atoms with E-state index in [-0.39, 0.29) is 12.5 Å². The summed E-state index contributed by atoms with van der Waals surface area (Å²) < 4.78 is 6.80. The van der Waals surface area contributed by atoms with Crippen LogP contribution >= 0.6 is 22.6 Å².